The zero-order chi connectivity index (χ0) is 16.0. The fraction of sp³-hybridized carbons (Fsp3) is 0.467. The van der Waals surface area contributed by atoms with Gasteiger partial charge in [-0.1, -0.05) is 44.0 Å². The molecule has 1 unspecified atom stereocenters. The van der Waals surface area contributed by atoms with E-state index in [1.807, 2.05) is 6.92 Å². The quantitative estimate of drug-likeness (QED) is 0.811. The zero-order valence-corrected chi connectivity index (χ0v) is 13.1. The Bertz CT molecular complexity index is 506. The van der Waals surface area contributed by atoms with Crippen molar-refractivity contribution < 1.29 is 19.4 Å². The van der Waals surface area contributed by atoms with Gasteiger partial charge < -0.3 is 15.2 Å². The highest BCUT2D eigenvalue weighted by atomic mass is 35.5. The monoisotopic (exact) mass is 313 g/mol. The summed E-state index contributed by atoms with van der Waals surface area (Å²) in [5.41, 5.74) is 0. The summed E-state index contributed by atoms with van der Waals surface area (Å²) in [5, 5.41) is 12.1. The molecule has 1 amide bonds. The summed E-state index contributed by atoms with van der Waals surface area (Å²) in [6, 6.07) is 5.87. The number of ether oxygens (including phenoxy) is 1. The minimum absolute atomic E-state index is 0.168. The fourth-order valence-corrected chi connectivity index (χ4v) is 1.92. The van der Waals surface area contributed by atoms with Gasteiger partial charge in [0.1, 0.15) is 11.8 Å². The molecule has 0 heterocycles. The maximum absolute atomic E-state index is 12.1. The molecule has 6 heteroatoms. The Kier molecular flexibility index (Phi) is 6.49. The molecule has 1 aromatic rings. The van der Waals surface area contributed by atoms with Crippen LogP contribution in [0, 0.1) is 5.92 Å². The smallest absolute Gasteiger partial charge is 0.326 e. The largest absolute Gasteiger partial charge is 0.480 e. The van der Waals surface area contributed by atoms with Crippen LogP contribution >= 0.6 is 11.6 Å². The van der Waals surface area contributed by atoms with Crippen LogP contribution < -0.4 is 10.1 Å². The lowest BCUT2D eigenvalue weighted by Crippen LogP contribution is -2.49. The van der Waals surface area contributed by atoms with E-state index in [9.17, 15) is 9.59 Å². The van der Waals surface area contributed by atoms with Gasteiger partial charge in [-0.3, -0.25) is 4.79 Å². The van der Waals surface area contributed by atoms with E-state index in [4.69, 9.17) is 21.4 Å². The maximum Gasteiger partial charge on any atom is 0.326 e. The van der Waals surface area contributed by atoms with E-state index in [0.29, 0.717) is 17.2 Å². The maximum atomic E-state index is 12.1. The minimum Gasteiger partial charge on any atom is -0.480 e. The molecule has 0 saturated carbocycles. The molecule has 0 aromatic heterocycles. The van der Waals surface area contributed by atoms with Crippen LogP contribution in [0.3, 0.4) is 0 Å². The first-order valence-corrected chi connectivity index (χ1v) is 7.19. The standard InChI is InChI=1S/C15H20ClNO4/c1-4-9(2)13(15(19)20)17-14(18)10(3)21-12-8-6-5-7-11(12)16/h5-10,13H,4H2,1-3H3,(H,17,18)(H,19,20)/t9-,10?,13-/m0/s1. The van der Waals surface area contributed by atoms with E-state index in [0.717, 1.165) is 0 Å². The number of rotatable bonds is 7. The lowest BCUT2D eigenvalue weighted by Gasteiger charge is -2.22. The summed E-state index contributed by atoms with van der Waals surface area (Å²) in [5.74, 6) is -1.32. The van der Waals surface area contributed by atoms with Crippen LogP contribution in [0.5, 0.6) is 5.75 Å². The van der Waals surface area contributed by atoms with Crippen molar-refractivity contribution in [3.05, 3.63) is 29.3 Å². The molecule has 0 fully saturated rings. The number of benzene rings is 1. The molecule has 1 rings (SSSR count). The number of carboxylic acids is 1. The van der Waals surface area contributed by atoms with Gasteiger partial charge >= 0.3 is 5.97 Å². The molecule has 5 nitrogen and oxygen atoms in total. The van der Waals surface area contributed by atoms with Crippen molar-refractivity contribution >= 4 is 23.5 Å². The lowest BCUT2D eigenvalue weighted by molar-refractivity contribution is -0.144. The molecule has 0 aliphatic heterocycles. The molecule has 0 spiro atoms. The van der Waals surface area contributed by atoms with Crippen molar-refractivity contribution in [3.8, 4) is 5.75 Å². The molecule has 0 bridgehead atoms. The van der Waals surface area contributed by atoms with E-state index >= 15 is 0 Å². The third-order valence-electron chi connectivity index (χ3n) is 3.29. The summed E-state index contributed by atoms with van der Waals surface area (Å²) in [6.45, 7) is 5.20. The van der Waals surface area contributed by atoms with Crippen LogP contribution in [-0.4, -0.2) is 29.1 Å². The van der Waals surface area contributed by atoms with Gasteiger partial charge in [-0.25, -0.2) is 4.79 Å². The van der Waals surface area contributed by atoms with Gasteiger partial charge in [-0.2, -0.15) is 0 Å². The number of carboxylic acid groups (broad SMARTS) is 1. The zero-order valence-electron chi connectivity index (χ0n) is 12.3. The van der Waals surface area contributed by atoms with E-state index in [-0.39, 0.29) is 5.92 Å². The van der Waals surface area contributed by atoms with Crippen LogP contribution in [-0.2, 0) is 9.59 Å². The Labute approximate surface area is 129 Å². The second-order valence-electron chi connectivity index (χ2n) is 4.90. The van der Waals surface area contributed by atoms with E-state index in [2.05, 4.69) is 5.32 Å². The van der Waals surface area contributed by atoms with E-state index < -0.39 is 24.0 Å². The third-order valence-corrected chi connectivity index (χ3v) is 3.60. The predicted molar refractivity (Wildman–Crippen MR) is 80.6 cm³/mol. The first-order valence-electron chi connectivity index (χ1n) is 6.81. The van der Waals surface area contributed by atoms with E-state index in [1.165, 1.54) is 0 Å². The van der Waals surface area contributed by atoms with E-state index in [1.54, 1.807) is 38.1 Å². The highest BCUT2D eigenvalue weighted by molar-refractivity contribution is 6.32. The van der Waals surface area contributed by atoms with Crippen molar-refractivity contribution in [1.29, 1.82) is 0 Å². The summed E-state index contributed by atoms with van der Waals surface area (Å²) in [4.78, 5) is 23.2. The van der Waals surface area contributed by atoms with Crippen LogP contribution in [0.15, 0.2) is 24.3 Å². The van der Waals surface area contributed by atoms with Gasteiger partial charge in [-0.05, 0) is 25.0 Å². The molecule has 0 aliphatic rings. The summed E-state index contributed by atoms with van der Waals surface area (Å²) >= 11 is 5.95. The number of aliphatic carboxylic acids is 1. The number of para-hydroxylation sites is 1. The second-order valence-corrected chi connectivity index (χ2v) is 5.31. The first kappa shape index (κ1) is 17.3. The summed E-state index contributed by atoms with van der Waals surface area (Å²) in [7, 11) is 0. The highest BCUT2D eigenvalue weighted by Gasteiger charge is 2.28. The lowest BCUT2D eigenvalue weighted by atomic mass is 9.99. The van der Waals surface area contributed by atoms with Crippen molar-refractivity contribution in [3.63, 3.8) is 0 Å². The average Bonchev–Trinajstić information content (AvgIpc) is 2.45. The Morgan fingerprint density at radius 3 is 2.48 bits per heavy atom. The molecule has 0 aliphatic carbocycles. The van der Waals surface area contributed by atoms with Gasteiger partial charge in [0.15, 0.2) is 6.10 Å². The van der Waals surface area contributed by atoms with Crippen LogP contribution in [0.4, 0.5) is 0 Å². The van der Waals surface area contributed by atoms with Crippen LogP contribution in [0.2, 0.25) is 5.02 Å². The van der Waals surface area contributed by atoms with Crippen molar-refractivity contribution in [1.82, 2.24) is 5.32 Å². The molecule has 116 valence electrons. The topological polar surface area (TPSA) is 75.6 Å². The van der Waals surface area contributed by atoms with Gasteiger partial charge in [0.05, 0.1) is 5.02 Å². The number of hydrogen-bond acceptors (Lipinski definition) is 3. The summed E-state index contributed by atoms with van der Waals surface area (Å²) < 4.78 is 5.46. The number of carbonyl (C=O) groups is 2. The number of hydrogen-bond donors (Lipinski definition) is 2. The number of halogens is 1. The highest BCUT2D eigenvalue weighted by Crippen LogP contribution is 2.24. The molecular weight excluding hydrogens is 294 g/mol. The Morgan fingerprint density at radius 1 is 1.33 bits per heavy atom. The van der Waals surface area contributed by atoms with Crippen LogP contribution in [0.1, 0.15) is 27.2 Å². The van der Waals surface area contributed by atoms with Crippen molar-refractivity contribution in [2.24, 2.45) is 5.92 Å². The molecule has 2 N–H and O–H groups in total. The molecular formula is C15H20ClNO4. The molecule has 21 heavy (non-hydrogen) atoms. The van der Waals surface area contributed by atoms with Crippen molar-refractivity contribution in [2.45, 2.75) is 39.3 Å². The second kappa shape index (κ2) is 7.88. The Balaban J connectivity index is 2.70. The number of nitrogens with one attached hydrogen (secondary N) is 1. The molecule has 3 atom stereocenters. The first-order chi connectivity index (χ1) is 9.86. The van der Waals surface area contributed by atoms with Crippen molar-refractivity contribution in [2.75, 3.05) is 0 Å². The predicted octanol–water partition coefficient (Wildman–Crippen LogP) is 2.72. The fourth-order valence-electron chi connectivity index (χ4n) is 1.74. The third kappa shape index (κ3) is 4.93. The summed E-state index contributed by atoms with van der Waals surface area (Å²) in [6.07, 6.45) is -0.187. The normalized spacial score (nSPS) is 14.9. The molecule has 1 aromatic carbocycles. The minimum atomic E-state index is -1.05. The number of carbonyl (C=O) groups excluding carboxylic acids is 1. The Morgan fingerprint density at radius 2 is 1.95 bits per heavy atom. The average molecular weight is 314 g/mol. The molecule has 0 radical (unpaired) electrons. The molecule has 0 saturated heterocycles. The Hall–Kier alpha value is -1.75. The SMILES string of the molecule is CC[C@H](C)[C@H](NC(=O)C(C)Oc1ccccc1Cl)C(=O)O. The van der Waals surface area contributed by atoms with Gasteiger partial charge in [0.25, 0.3) is 5.91 Å². The van der Waals surface area contributed by atoms with Gasteiger partial charge in [-0.15, -0.1) is 0 Å². The van der Waals surface area contributed by atoms with Gasteiger partial charge in [0, 0.05) is 0 Å². The van der Waals surface area contributed by atoms with Gasteiger partial charge in [0.2, 0.25) is 0 Å². The number of amides is 1. The van der Waals surface area contributed by atoms with Crippen LogP contribution in [0.25, 0.3) is 0 Å².